The highest BCUT2D eigenvalue weighted by Gasteiger charge is 2.19. The molecule has 4 rings (SSSR count). The molecule has 0 heterocycles. The molecule has 0 atom stereocenters. The number of rotatable bonds is 6. The summed E-state index contributed by atoms with van der Waals surface area (Å²) in [4.78, 5) is 26.8. The molecule has 1 fully saturated rings. The highest BCUT2D eigenvalue weighted by atomic mass is 35.5. The van der Waals surface area contributed by atoms with Crippen LogP contribution in [0.3, 0.4) is 0 Å². The molecule has 0 bridgehead atoms. The monoisotopic (exact) mass is 510 g/mol. The highest BCUT2D eigenvalue weighted by molar-refractivity contribution is 6.35. The van der Waals surface area contributed by atoms with E-state index in [9.17, 15) is 9.59 Å². The first-order chi connectivity index (χ1) is 16.9. The number of hydrogen-bond acceptors (Lipinski definition) is 3. The summed E-state index contributed by atoms with van der Waals surface area (Å²) in [7, 11) is 1.34. The van der Waals surface area contributed by atoms with E-state index in [1.807, 2.05) is 0 Å². The zero-order valence-corrected chi connectivity index (χ0v) is 21.1. The summed E-state index contributed by atoms with van der Waals surface area (Å²) in [6.07, 6.45) is 6.38. The molecule has 0 unspecified atom stereocenters. The minimum atomic E-state index is -0.431. The van der Waals surface area contributed by atoms with Crippen LogP contribution in [0.1, 0.15) is 59.5 Å². The third-order valence-corrected chi connectivity index (χ3v) is 6.79. The van der Waals surface area contributed by atoms with Crippen LogP contribution in [0.5, 0.6) is 0 Å². The highest BCUT2D eigenvalue weighted by Crippen LogP contribution is 2.33. The Kier molecular flexibility index (Phi) is 8.32. The molecule has 3 aromatic carbocycles. The average Bonchev–Trinajstić information content (AvgIpc) is 2.87. The number of nitrogens with one attached hydrogen (secondary N) is 1. The van der Waals surface area contributed by atoms with Crippen LogP contribution >= 0.6 is 23.2 Å². The summed E-state index contributed by atoms with van der Waals surface area (Å²) < 4.78 is 4.79. The maximum atomic E-state index is 13.4. The summed E-state index contributed by atoms with van der Waals surface area (Å²) in [5.74, 6) is 0.190. The van der Waals surface area contributed by atoms with Crippen molar-refractivity contribution in [1.29, 1.82) is 0 Å². The van der Waals surface area contributed by atoms with Gasteiger partial charge in [-0.15, -0.1) is 0 Å². The van der Waals surface area contributed by atoms with Gasteiger partial charge in [-0.25, -0.2) is 9.59 Å². The van der Waals surface area contributed by atoms with Crippen LogP contribution in [-0.2, 0) is 11.3 Å². The second kappa shape index (κ2) is 11.6. The number of halogens is 2. The zero-order chi connectivity index (χ0) is 24.8. The number of esters is 1. The Labute approximate surface area is 216 Å². The maximum absolute atomic E-state index is 13.4. The quantitative estimate of drug-likeness (QED) is 0.341. The van der Waals surface area contributed by atoms with Crippen molar-refractivity contribution >= 4 is 46.6 Å². The fourth-order valence-corrected chi connectivity index (χ4v) is 5.03. The predicted molar refractivity (Wildman–Crippen MR) is 142 cm³/mol. The molecular formula is C28H28Cl2N2O3. The first kappa shape index (κ1) is 25.1. The molecule has 35 heavy (non-hydrogen) atoms. The molecule has 1 N–H and O–H groups in total. The van der Waals surface area contributed by atoms with E-state index in [0.29, 0.717) is 39.4 Å². The molecule has 1 saturated carbocycles. The number of urea groups is 1. The Hall–Kier alpha value is -3.02. The third-order valence-electron chi connectivity index (χ3n) is 6.36. The van der Waals surface area contributed by atoms with Gasteiger partial charge in [-0.1, -0.05) is 66.7 Å². The van der Waals surface area contributed by atoms with Crippen molar-refractivity contribution in [3.05, 3.63) is 93.5 Å². The number of carbonyl (C=O) groups is 2. The minimum Gasteiger partial charge on any atom is -0.465 e. The number of ether oxygens (including phenoxy) is 1. The number of carbonyl (C=O) groups excluding carboxylic acids is 2. The number of amides is 2. The van der Waals surface area contributed by atoms with Gasteiger partial charge < -0.3 is 10.1 Å². The first-order valence-corrected chi connectivity index (χ1v) is 12.5. The Morgan fingerprint density at radius 1 is 0.914 bits per heavy atom. The first-order valence-electron chi connectivity index (χ1n) is 11.7. The SMILES string of the molecule is COC(=O)c1ccc(N(Cc2ccc(C3CCCCC3)cc2)C(=O)Nc2cc(Cl)cc(Cl)c2)cc1. The minimum absolute atomic E-state index is 0.342. The third kappa shape index (κ3) is 6.56. The average molecular weight is 511 g/mol. The lowest BCUT2D eigenvalue weighted by Crippen LogP contribution is -2.34. The maximum Gasteiger partial charge on any atom is 0.337 e. The number of nitrogens with zero attached hydrogens (tertiary/aromatic N) is 1. The Balaban J connectivity index is 1.57. The number of hydrogen-bond donors (Lipinski definition) is 1. The zero-order valence-electron chi connectivity index (χ0n) is 19.6. The van der Waals surface area contributed by atoms with Crippen LogP contribution in [0, 0.1) is 0 Å². The van der Waals surface area contributed by atoms with Gasteiger partial charge in [0.1, 0.15) is 0 Å². The molecule has 182 valence electrons. The second-order valence-corrected chi connectivity index (χ2v) is 9.66. The molecule has 0 aromatic heterocycles. The van der Waals surface area contributed by atoms with Gasteiger partial charge >= 0.3 is 12.0 Å². The van der Waals surface area contributed by atoms with Gasteiger partial charge in [0.15, 0.2) is 0 Å². The van der Waals surface area contributed by atoms with Gasteiger partial charge in [0.25, 0.3) is 0 Å². The van der Waals surface area contributed by atoms with Crippen LogP contribution < -0.4 is 10.2 Å². The molecule has 0 saturated heterocycles. The van der Waals surface area contributed by atoms with Crippen molar-refractivity contribution < 1.29 is 14.3 Å². The number of anilines is 2. The van der Waals surface area contributed by atoms with Gasteiger partial charge in [-0.05, 0) is 72.4 Å². The summed E-state index contributed by atoms with van der Waals surface area (Å²) in [5.41, 5.74) is 3.91. The van der Waals surface area contributed by atoms with E-state index < -0.39 is 5.97 Å². The summed E-state index contributed by atoms with van der Waals surface area (Å²) >= 11 is 12.2. The molecule has 7 heteroatoms. The molecular weight excluding hydrogens is 483 g/mol. The van der Waals surface area contributed by atoms with Gasteiger partial charge in [-0.3, -0.25) is 4.90 Å². The number of benzene rings is 3. The lowest BCUT2D eigenvalue weighted by molar-refractivity contribution is 0.0600. The fraction of sp³-hybridized carbons (Fsp3) is 0.286. The van der Waals surface area contributed by atoms with E-state index in [-0.39, 0.29) is 6.03 Å². The lowest BCUT2D eigenvalue weighted by Gasteiger charge is -2.25. The summed E-state index contributed by atoms with van der Waals surface area (Å²) in [6, 6.07) is 19.8. The smallest absolute Gasteiger partial charge is 0.337 e. The van der Waals surface area contributed by atoms with Crippen molar-refractivity contribution in [2.45, 2.75) is 44.6 Å². The number of methoxy groups -OCH3 is 1. The van der Waals surface area contributed by atoms with Crippen LogP contribution in [0.15, 0.2) is 66.7 Å². The van der Waals surface area contributed by atoms with Crippen LogP contribution in [-0.4, -0.2) is 19.1 Å². The molecule has 0 radical (unpaired) electrons. The van der Waals surface area contributed by atoms with E-state index in [1.165, 1.54) is 44.8 Å². The van der Waals surface area contributed by atoms with Crippen LogP contribution in [0.25, 0.3) is 0 Å². The molecule has 0 aliphatic heterocycles. The molecule has 5 nitrogen and oxygen atoms in total. The topological polar surface area (TPSA) is 58.6 Å². The van der Waals surface area contributed by atoms with E-state index in [2.05, 4.69) is 29.6 Å². The van der Waals surface area contributed by atoms with Crippen molar-refractivity contribution in [1.82, 2.24) is 0 Å². The largest absolute Gasteiger partial charge is 0.465 e. The molecule has 0 spiro atoms. The Bertz CT molecular complexity index is 1150. The predicted octanol–water partition coefficient (Wildman–Crippen LogP) is 8.07. The molecule has 1 aliphatic rings. The van der Waals surface area contributed by atoms with Crippen LogP contribution in [0.2, 0.25) is 10.0 Å². The van der Waals surface area contributed by atoms with Crippen LogP contribution in [0.4, 0.5) is 16.2 Å². The normalized spacial score (nSPS) is 13.8. The second-order valence-electron chi connectivity index (χ2n) is 8.79. The summed E-state index contributed by atoms with van der Waals surface area (Å²) in [6.45, 7) is 0.350. The lowest BCUT2D eigenvalue weighted by atomic mass is 9.84. The molecule has 2 amide bonds. The van der Waals surface area contributed by atoms with E-state index in [1.54, 1.807) is 47.4 Å². The Morgan fingerprint density at radius 2 is 1.54 bits per heavy atom. The van der Waals surface area contributed by atoms with Gasteiger partial charge in [-0.2, -0.15) is 0 Å². The van der Waals surface area contributed by atoms with Gasteiger partial charge in [0, 0.05) is 21.4 Å². The molecule has 1 aliphatic carbocycles. The van der Waals surface area contributed by atoms with Gasteiger partial charge in [0.2, 0.25) is 0 Å². The van der Waals surface area contributed by atoms with E-state index in [0.717, 1.165) is 5.56 Å². The van der Waals surface area contributed by atoms with Crippen molar-refractivity contribution in [3.8, 4) is 0 Å². The standard InChI is InChI=1S/C28H28Cl2N2O3/c1-35-27(33)22-11-13-26(14-12-22)32(28(34)31-25-16-23(29)15-24(30)17-25)18-19-7-9-21(10-8-19)20-5-3-2-4-6-20/h7-17,20H,2-6,18H2,1H3,(H,31,34). The van der Waals surface area contributed by atoms with Gasteiger partial charge in [0.05, 0.1) is 19.2 Å². The molecule has 3 aromatic rings. The Morgan fingerprint density at radius 3 is 2.14 bits per heavy atom. The fourth-order valence-electron chi connectivity index (χ4n) is 4.51. The van der Waals surface area contributed by atoms with Crippen molar-refractivity contribution in [2.24, 2.45) is 0 Å². The van der Waals surface area contributed by atoms with E-state index in [4.69, 9.17) is 27.9 Å². The van der Waals surface area contributed by atoms with Crippen molar-refractivity contribution in [3.63, 3.8) is 0 Å². The van der Waals surface area contributed by atoms with Crippen molar-refractivity contribution in [2.75, 3.05) is 17.3 Å². The van der Waals surface area contributed by atoms with E-state index >= 15 is 0 Å². The summed E-state index contributed by atoms with van der Waals surface area (Å²) in [5, 5.41) is 3.74.